The highest BCUT2D eigenvalue weighted by Gasteiger charge is 2.03. The predicted molar refractivity (Wildman–Crippen MR) is 115 cm³/mol. The molecule has 6 heteroatoms. The maximum Gasteiger partial charge on any atom is 0.249 e. The Morgan fingerprint density at radius 2 is 1.66 bits per heavy atom. The molecule has 29 heavy (non-hydrogen) atoms. The Bertz CT molecular complexity index is 1070. The van der Waals surface area contributed by atoms with Crippen LogP contribution in [0, 0.1) is 6.92 Å². The number of ether oxygens (including phenoxy) is 1. The standard InChI is InChI=1S/C23H21N5O/c1-17-6-5-9-20(14-17)25-22-15-24-28-23(27-22)26-19-10-12-21(13-11-19)29-16-18-7-3-2-4-8-18/h2-15H,16H2,1H3,(H2,25,26,27,28). The highest BCUT2D eigenvalue weighted by atomic mass is 16.5. The van der Waals surface area contributed by atoms with Gasteiger partial charge in [0.2, 0.25) is 5.95 Å². The molecule has 0 unspecified atom stereocenters. The molecule has 1 heterocycles. The average molecular weight is 383 g/mol. The number of hydrogen-bond donors (Lipinski definition) is 2. The minimum atomic E-state index is 0.417. The summed E-state index contributed by atoms with van der Waals surface area (Å²) < 4.78 is 5.81. The fraction of sp³-hybridized carbons (Fsp3) is 0.0870. The van der Waals surface area contributed by atoms with E-state index in [4.69, 9.17) is 4.74 Å². The van der Waals surface area contributed by atoms with Crippen LogP contribution >= 0.6 is 0 Å². The lowest BCUT2D eigenvalue weighted by atomic mass is 10.2. The van der Waals surface area contributed by atoms with E-state index in [9.17, 15) is 0 Å². The fourth-order valence-corrected chi connectivity index (χ4v) is 2.79. The van der Waals surface area contributed by atoms with Gasteiger partial charge in [-0.3, -0.25) is 0 Å². The van der Waals surface area contributed by atoms with Gasteiger partial charge >= 0.3 is 0 Å². The minimum absolute atomic E-state index is 0.417. The summed E-state index contributed by atoms with van der Waals surface area (Å²) in [5.41, 5.74) is 4.11. The second kappa shape index (κ2) is 8.84. The van der Waals surface area contributed by atoms with Gasteiger partial charge in [0, 0.05) is 11.4 Å². The van der Waals surface area contributed by atoms with Gasteiger partial charge in [-0.15, -0.1) is 5.10 Å². The Balaban J connectivity index is 1.37. The van der Waals surface area contributed by atoms with Crippen molar-refractivity contribution in [2.45, 2.75) is 13.5 Å². The van der Waals surface area contributed by atoms with Gasteiger partial charge < -0.3 is 15.4 Å². The van der Waals surface area contributed by atoms with Crippen molar-refractivity contribution in [3.05, 3.63) is 96.2 Å². The van der Waals surface area contributed by atoms with Crippen molar-refractivity contribution in [2.24, 2.45) is 0 Å². The molecule has 0 saturated carbocycles. The second-order valence-corrected chi connectivity index (χ2v) is 6.58. The highest BCUT2D eigenvalue weighted by Crippen LogP contribution is 2.20. The molecular formula is C23H21N5O. The smallest absolute Gasteiger partial charge is 0.249 e. The molecule has 0 radical (unpaired) electrons. The summed E-state index contributed by atoms with van der Waals surface area (Å²) in [4.78, 5) is 4.46. The van der Waals surface area contributed by atoms with E-state index >= 15 is 0 Å². The lowest BCUT2D eigenvalue weighted by Gasteiger charge is -2.09. The summed E-state index contributed by atoms with van der Waals surface area (Å²) in [5, 5.41) is 14.5. The Morgan fingerprint density at radius 3 is 2.45 bits per heavy atom. The Kier molecular flexibility index (Phi) is 5.62. The predicted octanol–water partition coefficient (Wildman–Crippen LogP) is 5.25. The SMILES string of the molecule is Cc1cccc(Nc2cnnc(Nc3ccc(OCc4ccccc4)cc3)n2)c1. The summed E-state index contributed by atoms with van der Waals surface area (Å²) in [5.74, 6) is 1.84. The molecule has 1 aromatic heterocycles. The number of rotatable bonds is 7. The van der Waals surface area contributed by atoms with Crippen molar-refractivity contribution in [3.8, 4) is 5.75 Å². The molecule has 0 aliphatic rings. The molecule has 2 N–H and O–H groups in total. The van der Waals surface area contributed by atoms with Gasteiger partial charge in [0.1, 0.15) is 12.4 Å². The lowest BCUT2D eigenvalue weighted by molar-refractivity contribution is 0.306. The van der Waals surface area contributed by atoms with Crippen LogP contribution in [0.15, 0.2) is 85.1 Å². The summed E-state index contributed by atoms with van der Waals surface area (Å²) in [6.07, 6.45) is 1.59. The van der Waals surface area contributed by atoms with Crippen LogP contribution in [0.4, 0.5) is 23.1 Å². The van der Waals surface area contributed by atoms with E-state index in [-0.39, 0.29) is 0 Å². The zero-order valence-electron chi connectivity index (χ0n) is 16.0. The first-order valence-electron chi connectivity index (χ1n) is 9.32. The molecule has 0 aliphatic heterocycles. The number of benzene rings is 3. The van der Waals surface area contributed by atoms with Crippen molar-refractivity contribution < 1.29 is 4.74 Å². The molecule has 0 amide bonds. The lowest BCUT2D eigenvalue weighted by Crippen LogP contribution is -2.02. The van der Waals surface area contributed by atoms with Crippen LogP contribution in [0.25, 0.3) is 0 Å². The first-order chi connectivity index (χ1) is 14.2. The third-order valence-electron chi connectivity index (χ3n) is 4.21. The zero-order chi connectivity index (χ0) is 19.9. The normalized spacial score (nSPS) is 10.4. The van der Waals surface area contributed by atoms with Crippen molar-refractivity contribution >= 4 is 23.1 Å². The van der Waals surface area contributed by atoms with E-state index < -0.39 is 0 Å². The summed E-state index contributed by atoms with van der Waals surface area (Å²) >= 11 is 0. The Labute approximate surface area is 169 Å². The largest absolute Gasteiger partial charge is 0.489 e. The Morgan fingerprint density at radius 1 is 0.828 bits per heavy atom. The molecule has 6 nitrogen and oxygen atoms in total. The number of aryl methyl sites for hydroxylation is 1. The maximum atomic E-state index is 5.81. The monoisotopic (exact) mass is 383 g/mol. The van der Waals surface area contributed by atoms with E-state index in [2.05, 4.69) is 25.8 Å². The van der Waals surface area contributed by atoms with Crippen molar-refractivity contribution in [1.29, 1.82) is 0 Å². The first-order valence-corrected chi connectivity index (χ1v) is 9.32. The van der Waals surface area contributed by atoms with Crippen LogP contribution in [0.5, 0.6) is 5.75 Å². The van der Waals surface area contributed by atoms with Gasteiger partial charge in [0.25, 0.3) is 0 Å². The third kappa shape index (κ3) is 5.29. The molecule has 4 aromatic rings. The summed E-state index contributed by atoms with van der Waals surface area (Å²) in [7, 11) is 0. The van der Waals surface area contributed by atoms with Crippen LogP contribution < -0.4 is 15.4 Å². The van der Waals surface area contributed by atoms with Crippen LogP contribution in [0.2, 0.25) is 0 Å². The van der Waals surface area contributed by atoms with Gasteiger partial charge in [0.15, 0.2) is 5.82 Å². The number of nitrogens with one attached hydrogen (secondary N) is 2. The van der Waals surface area contributed by atoms with Crippen LogP contribution in [-0.2, 0) is 6.61 Å². The van der Waals surface area contributed by atoms with Gasteiger partial charge in [-0.05, 0) is 54.4 Å². The van der Waals surface area contributed by atoms with E-state index in [1.807, 2.05) is 85.8 Å². The van der Waals surface area contributed by atoms with Crippen LogP contribution in [-0.4, -0.2) is 15.2 Å². The number of aromatic nitrogens is 3. The second-order valence-electron chi connectivity index (χ2n) is 6.58. The molecule has 0 saturated heterocycles. The molecule has 4 rings (SSSR count). The molecule has 0 bridgehead atoms. The molecule has 144 valence electrons. The third-order valence-corrected chi connectivity index (χ3v) is 4.21. The molecular weight excluding hydrogens is 362 g/mol. The molecule has 3 aromatic carbocycles. The first kappa shape index (κ1) is 18.4. The van der Waals surface area contributed by atoms with Gasteiger partial charge in [-0.1, -0.05) is 42.5 Å². The van der Waals surface area contributed by atoms with Crippen LogP contribution in [0.1, 0.15) is 11.1 Å². The van der Waals surface area contributed by atoms with E-state index in [1.54, 1.807) is 6.20 Å². The molecule has 0 spiro atoms. The van der Waals surface area contributed by atoms with E-state index in [0.717, 1.165) is 22.7 Å². The van der Waals surface area contributed by atoms with Crippen molar-refractivity contribution in [1.82, 2.24) is 15.2 Å². The zero-order valence-corrected chi connectivity index (χ0v) is 16.0. The van der Waals surface area contributed by atoms with Crippen molar-refractivity contribution in [2.75, 3.05) is 10.6 Å². The molecule has 0 fully saturated rings. The molecule has 0 aliphatic carbocycles. The average Bonchev–Trinajstić information content (AvgIpc) is 2.74. The summed E-state index contributed by atoms with van der Waals surface area (Å²) in [6, 6.07) is 25.8. The highest BCUT2D eigenvalue weighted by molar-refractivity contribution is 5.59. The number of anilines is 4. The minimum Gasteiger partial charge on any atom is -0.489 e. The van der Waals surface area contributed by atoms with Gasteiger partial charge in [-0.2, -0.15) is 10.1 Å². The number of nitrogens with zero attached hydrogens (tertiary/aromatic N) is 3. The number of hydrogen-bond acceptors (Lipinski definition) is 6. The van der Waals surface area contributed by atoms with E-state index in [0.29, 0.717) is 18.4 Å². The van der Waals surface area contributed by atoms with E-state index in [1.165, 1.54) is 5.56 Å². The topological polar surface area (TPSA) is 72.0 Å². The maximum absolute atomic E-state index is 5.81. The van der Waals surface area contributed by atoms with Crippen LogP contribution in [0.3, 0.4) is 0 Å². The van der Waals surface area contributed by atoms with Crippen molar-refractivity contribution in [3.63, 3.8) is 0 Å². The summed E-state index contributed by atoms with van der Waals surface area (Å²) in [6.45, 7) is 2.58. The van der Waals surface area contributed by atoms with Gasteiger partial charge in [0.05, 0.1) is 6.20 Å². The Hall–Kier alpha value is -3.93. The quantitative estimate of drug-likeness (QED) is 0.454. The van der Waals surface area contributed by atoms with Gasteiger partial charge in [-0.25, -0.2) is 0 Å². The fourth-order valence-electron chi connectivity index (χ4n) is 2.79. The molecule has 0 atom stereocenters.